The molecule has 0 saturated heterocycles. The minimum Gasteiger partial charge on any atom is -0.481 e. The van der Waals surface area contributed by atoms with Gasteiger partial charge in [0.2, 0.25) is 5.95 Å². The molecule has 126 valence electrons. The van der Waals surface area contributed by atoms with Gasteiger partial charge in [0, 0.05) is 10.0 Å². The Hall–Kier alpha value is -1.95. The van der Waals surface area contributed by atoms with Crippen molar-refractivity contribution in [2.24, 2.45) is 0 Å². The van der Waals surface area contributed by atoms with Crippen molar-refractivity contribution < 1.29 is 9.90 Å². The smallest absolute Gasteiger partial charge is 0.305 e. The summed E-state index contributed by atoms with van der Waals surface area (Å²) >= 11 is 11.8. The molecule has 0 bridgehead atoms. The fraction of sp³-hybridized carbons (Fsp3) is 0.125. The molecule has 0 aliphatic heterocycles. The van der Waals surface area contributed by atoms with Crippen molar-refractivity contribution in [3.8, 4) is 0 Å². The Morgan fingerprint density at radius 3 is 2.50 bits per heavy atom. The van der Waals surface area contributed by atoms with E-state index in [9.17, 15) is 4.79 Å². The van der Waals surface area contributed by atoms with Crippen LogP contribution in [0.3, 0.4) is 0 Å². The van der Waals surface area contributed by atoms with Gasteiger partial charge in [-0.15, -0.1) is 12.4 Å². The zero-order chi connectivity index (χ0) is 16.4. The number of carboxylic acids is 1. The van der Waals surface area contributed by atoms with Gasteiger partial charge in [-0.3, -0.25) is 4.79 Å². The number of carbonyl (C=O) groups is 1. The number of hydrogen-bond acceptors (Lipinski definition) is 3. The second-order valence-corrected chi connectivity index (χ2v) is 5.97. The van der Waals surface area contributed by atoms with Gasteiger partial charge in [0.1, 0.15) is 0 Å². The van der Waals surface area contributed by atoms with Gasteiger partial charge < -0.3 is 15.4 Å². The summed E-state index contributed by atoms with van der Waals surface area (Å²) in [6, 6.07) is 11.9. The number of hydrogen-bond donors (Lipinski definition) is 3. The fourth-order valence-corrected chi connectivity index (χ4v) is 2.63. The van der Waals surface area contributed by atoms with Gasteiger partial charge in [0.15, 0.2) is 0 Å². The monoisotopic (exact) mass is 385 g/mol. The Balaban J connectivity index is 0.00000208. The predicted molar refractivity (Wildman–Crippen MR) is 98.4 cm³/mol. The number of nitrogens with zero attached hydrogens (tertiary/aromatic N) is 1. The van der Waals surface area contributed by atoms with E-state index in [2.05, 4.69) is 15.3 Å². The zero-order valence-electron chi connectivity index (χ0n) is 12.3. The molecule has 3 N–H and O–H groups in total. The number of aliphatic carboxylic acids is 1. The molecular weight excluding hydrogens is 373 g/mol. The van der Waals surface area contributed by atoms with E-state index in [1.807, 2.05) is 6.07 Å². The molecule has 2 aromatic carbocycles. The molecule has 0 radical (unpaired) electrons. The van der Waals surface area contributed by atoms with Crippen LogP contribution in [-0.2, 0) is 4.79 Å². The van der Waals surface area contributed by atoms with Crippen LogP contribution in [-0.4, -0.2) is 21.0 Å². The average molecular weight is 387 g/mol. The molecular formula is C16H14Cl3N3O2. The second kappa shape index (κ2) is 7.75. The van der Waals surface area contributed by atoms with E-state index in [4.69, 9.17) is 28.3 Å². The van der Waals surface area contributed by atoms with E-state index in [0.717, 1.165) is 11.1 Å². The lowest BCUT2D eigenvalue weighted by Gasteiger charge is -2.16. The lowest BCUT2D eigenvalue weighted by atomic mass is 10.0. The molecule has 0 aliphatic rings. The standard InChI is InChI=1S/C16H13Cl2N3O2.ClH/c17-10-3-1-9(2-4-10)13(8-15(22)23)20-16-19-12-6-5-11(18)7-14(12)21-16;/h1-7,13H,8H2,(H,22,23)(H2,19,20,21);1H. The van der Waals surface area contributed by atoms with E-state index < -0.39 is 12.0 Å². The Morgan fingerprint density at radius 2 is 1.83 bits per heavy atom. The summed E-state index contributed by atoms with van der Waals surface area (Å²) in [7, 11) is 0. The summed E-state index contributed by atoms with van der Waals surface area (Å²) in [5, 5.41) is 13.5. The summed E-state index contributed by atoms with van der Waals surface area (Å²) in [6.07, 6.45) is -0.0839. The largest absolute Gasteiger partial charge is 0.481 e. The van der Waals surface area contributed by atoms with Crippen LogP contribution in [0, 0.1) is 0 Å². The van der Waals surface area contributed by atoms with Crippen LogP contribution in [0.5, 0.6) is 0 Å². The molecule has 0 spiro atoms. The van der Waals surface area contributed by atoms with E-state index in [1.165, 1.54) is 0 Å². The molecule has 1 atom stereocenters. The van der Waals surface area contributed by atoms with Gasteiger partial charge in [0.05, 0.1) is 23.5 Å². The van der Waals surface area contributed by atoms with Crippen molar-refractivity contribution in [1.29, 1.82) is 0 Å². The van der Waals surface area contributed by atoms with Crippen LogP contribution in [0.1, 0.15) is 18.0 Å². The van der Waals surface area contributed by atoms with Gasteiger partial charge in [-0.2, -0.15) is 0 Å². The van der Waals surface area contributed by atoms with Gasteiger partial charge in [-0.25, -0.2) is 4.98 Å². The van der Waals surface area contributed by atoms with Crippen LogP contribution in [0.25, 0.3) is 11.0 Å². The maximum Gasteiger partial charge on any atom is 0.305 e. The third-order valence-corrected chi connectivity index (χ3v) is 3.89. The van der Waals surface area contributed by atoms with Gasteiger partial charge in [-0.05, 0) is 35.9 Å². The number of aromatic nitrogens is 2. The Bertz CT molecular complexity index is 849. The highest BCUT2D eigenvalue weighted by Gasteiger charge is 2.17. The molecule has 0 fully saturated rings. The van der Waals surface area contributed by atoms with Crippen molar-refractivity contribution in [3.05, 3.63) is 58.1 Å². The van der Waals surface area contributed by atoms with Crippen LogP contribution >= 0.6 is 35.6 Å². The van der Waals surface area contributed by atoms with Crippen molar-refractivity contribution in [1.82, 2.24) is 9.97 Å². The zero-order valence-corrected chi connectivity index (χ0v) is 14.6. The number of carboxylic acid groups (broad SMARTS) is 1. The van der Waals surface area contributed by atoms with E-state index >= 15 is 0 Å². The van der Waals surface area contributed by atoms with Crippen molar-refractivity contribution in [2.45, 2.75) is 12.5 Å². The van der Waals surface area contributed by atoms with Crippen LogP contribution in [0.4, 0.5) is 5.95 Å². The van der Waals surface area contributed by atoms with Crippen molar-refractivity contribution in [2.75, 3.05) is 5.32 Å². The van der Waals surface area contributed by atoms with Crippen LogP contribution in [0.15, 0.2) is 42.5 Å². The number of fused-ring (bicyclic) bond motifs is 1. The first-order valence-electron chi connectivity index (χ1n) is 6.90. The number of anilines is 1. The molecule has 1 heterocycles. The van der Waals surface area contributed by atoms with Crippen LogP contribution in [0.2, 0.25) is 10.0 Å². The van der Waals surface area contributed by atoms with Gasteiger partial charge in [-0.1, -0.05) is 35.3 Å². The first-order valence-corrected chi connectivity index (χ1v) is 7.66. The lowest BCUT2D eigenvalue weighted by molar-refractivity contribution is -0.137. The minimum atomic E-state index is -0.906. The van der Waals surface area contributed by atoms with E-state index in [0.29, 0.717) is 21.5 Å². The molecule has 8 heteroatoms. The first kappa shape index (κ1) is 18.4. The van der Waals surface area contributed by atoms with Crippen molar-refractivity contribution in [3.63, 3.8) is 0 Å². The highest BCUT2D eigenvalue weighted by Crippen LogP contribution is 2.25. The summed E-state index contributed by atoms with van der Waals surface area (Å²) in [5.74, 6) is -0.417. The Kier molecular flexibility index (Phi) is 5.94. The second-order valence-electron chi connectivity index (χ2n) is 5.09. The number of imidazole rings is 1. The fourth-order valence-electron chi connectivity index (χ4n) is 2.33. The number of nitrogens with one attached hydrogen (secondary N) is 2. The maximum absolute atomic E-state index is 11.1. The van der Waals surface area contributed by atoms with E-state index in [1.54, 1.807) is 36.4 Å². The molecule has 5 nitrogen and oxygen atoms in total. The summed E-state index contributed by atoms with van der Waals surface area (Å²) in [5.41, 5.74) is 2.35. The summed E-state index contributed by atoms with van der Waals surface area (Å²) in [6.45, 7) is 0. The number of aromatic amines is 1. The molecule has 0 saturated carbocycles. The molecule has 0 amide bonds. The van der Waals surface area contributed by atoms with Crippen molar-refractivity contribution >= 4 is 58.6 Å². The number of rotatable bonds is 5. The number of halogens is 3. The van der Waals surface area contributed by atoms with Gasteiger partial charge in [0.25, 0.3) is 0 Å². The summed E-state index contributed by atoms with van der Waals surface area (Å²) in [4.78, 5) is 18.6. The van der Waals surface area contributed by atoms with Gasteiger partial charge >= 0.3 is 5.97 Å². The maximum atomic E-state index is 11.1. The third-order valence-electron chi connectivity index (χ3n) is 3.41. The number of benzene rings is 2. The SMILES string of the molecule is Cl.O=C(O)CC(Nc1nc2cc(Cl)ccc2[nH]1)c1ccc(Cl)cc1. The summed E-state index contributed by atoms with van der Waals surface area (Å²) < 4.78 is 0. The molecule has 3 rings (SSSR count). The Labute approximate surface area is 154 Å². The molecule has 1 unspecified atom stereocenters. The van der Waals surface area contributed by atoms with E-state index in [-0.39, 0.29) is 18.8 Å². The number of H-pyrrole nitrogens is 1. The molecule has 24 heavy (non-hydrogen) atoms. The molecule has 1 aromatic heterocycles. The minimum absolute atomic E-state index is 0. The normalized spacial score (nSPS) is 11.8. The third kappa shape index (κ3) is 4.32. The quantitative estimate of drug-likeness (QED) is 0.581. The van der Waals surface area contributed by atoms with Crippen LogP contribution < -0.4 is 5.32 Å². The predicted octanol–water partition coefficient (Wildman–Crippen LogP) is 4.92. The topological polar surface area (TPSA) is 78.0 Å². The molecule has 3 aromatic rings. The highest BCUT2D eigenvalue weighted by molar-refractivity contribution is 6.31. The average Bonchev–Trinajstić information content (AvgIpc) is 2.88. The highest BCUT2D eigenvalue weighted by atomic mass is 35.5. The Morgan fingerprint density at radius 1 is 1.17 bits per heavy atom. The first-order chi connectivity index (χ1) is 11.0. The molecule has 0 aliphatic carbocycles. The lowest BCUT2D eigenvalue weighted by Crippen LogP contribution is -2.16.